The van der Waals surface area contributed by atoms with Crippen LogP contribution in [0.5, 0.6) is 5.75 Å². The molecule has 0 fully saturated rings. The average Bonchev–Trinajstić information content (AvgIpc) is 2.46. The molecule has 1 amide bonds. The van der Waals surface area contributed by atoms with E-state index in [9.17, 15) is 14.7 Å². The van der Waals surface area contributed by atoms with E-state index in [2.05, 4.69) is 0 Å². The molecule has 20 heavy (non-hydrogen) atoms. The second-order valence-electron chi connectivity index (χ2n) is 4.64. The maximum Gasteiger partial charge on any atom is 0.334 e. The van der Waals surface area contributed by atoms with E-state index in [1.807, 2.05) is 6.92 Å². The van der Waals surface area contributed by atoms with Gasteiger partial charge >= 0.3 is 5.97 Å². The third kappa shape index (κ3) is 3.10. The number of rotatable bonds is 8. The number of aliphatic carboxylic acids is 1. The highest BCUT2D eigenvalue weighted by atomic mass is 16.5. The van der Waals surface area contributed by atoms with Crippen molar-refractivity contribution in [3.05, 3.63) is 29.8 Å². The first-order chi connectivity index (χ1) is 9.50. The van der Waals surface area contributed by atoms with Crippen molar-refractivity contribution in [3.8, 4) is 5.75 Å². The van der Waals surface area contributed by atoms with Gasteiger partial charge in [-0.1, -0.05) is 19.1 Å². The van der Waals surface area contributed by atoms with Crippen LogP contribution < -0.4 is 4.74 Å². The second-order valence-corrected chi connectivity index (χ2v) is 4.64. The first-order valence-corrected chi connectivity index (χ1v) is 6.69. The van der Waals surface area contributed by atoms with Crippen LogP contribution in [0.3, 0.4) is 0 Å². The van der Waals surface area contributed by atoms with Crippen LogP contribution >= 0.6 is 0 Å². The number of hydrogen-bond donors (Lipinski definition) is 1. The van der Waals surface area contributed by atoms with Crippen molar-refractivity contribution in [2.75, 3.05) is 13.2 Å². The Hall–Kier alpha value is -2.04. The van der Waals surface area contributed by atoms with Crippen molar-refractivity contribution < 1.29 is 19.4 Å². The standard InChI is InChI=1S/C15H21NO4/c1-4-10-20-13-8-6-12(7-9-13)15(3,14(18)19)16(5-2)11-17/h6-9,11H,4-5,10H2,1-3H3,(H,18,19). The van der Waals surface area contributed by atoms with E-state index in [0.717, 1.165) is 6.42 Å². The molecule has 0 aliphatic heterocycles. The number of nitrogens with zero attached hydrogens (tertiary/aromatic N) is 1. The number of hydrogen-bond acceptors (Lipinski definition) is 3. The van der Waals surface area contributed by atoms with Crippen LogP contribution in [-0.2, 0) is 15.1 Å². The number of ether oxygens (including phenoxy) is 1. The minimum Gasteiger partial charge on any atom is -0.494 e. The SMILES string of the molecule is CCCOc1ccc(C(C)(C(=O)O)N(C=O)CC)cc1. The summed E-state index contributed by atoms with van der Waals surface area (Å²) in [5.41, 5.74) is -0.831. The molecular weight excluding hydrogens is 258 g/mol. The second kappa shape index (κ2) is 6.93. The van der Waals surface area contributed by atoms with Gasteiger partial charge in [-0.15, -0.1) is 0 Å². The van der Waals surface area contributed by atoms with Gasteiger partial charge in [-0.05, 0) is 38.0 Å². The Kier molecular flexibility index (Phi) is 5.55. The van der Waals surface area contributed by atoms with Gasteiger partial charge in [0.2, 0.25) is 6.41 Å². The van der Waals surface area contributed by atoms with E-state index in [1.54, 1.807) is 31.2 Å². The van der Waals surface area contributed by atoms with Gasteiger partial charge in [0.15, 0.2) is 5.54 Å². The number of carboxylic acids is 1. The molecule has 0 saturated carbocycles. The van der Waals surface area contributed by atoms with E-state index < -0.39 is 11.5 Å². The summed E-state index contributed by atoms with van der Waals surface area (Å²) >= 11 is 0. The van der Waals surface area contributed by atoms with Crippen LogP contribution in [0.2, 0.25) is 0 Å². The summed E-state index contributed by atoms with van der Waals surface area (Å²) in [6.07, 6.45) is 1.47. The third-order valence-electron chi connectivity index (χ3n) is 3.35. The van der Waals surface area contributed by atoms with Crippen LogP contribution in [0.4, 0.5) is 0 Å². The molecule has 1 rings (SSSR count). The first kappa shape index (κ1) is 16.0. The topological polar surface area (TPSA) is 66.8 Å². The van der Waals surface area contributed by atoms with Gasteiger partial charge in [-0.2, -0.15) is 0 Å². The fraction of sp³-hybridized carbons (Fsp3) is 0.467. The summed E-state index contributed by atoms with van der Waals surface area (Å²) < 4.78 is 5.47. The van der Waals surface area contributed by atoms with Crippen molar-refractivity contribution in [2.45, 2.75) is 32.7 Å². The number of benzene rings is 1. The molecule has 110 valence electrons. The van der Waals surface area contributed by atoms with Crippen molar-refractivity contribution in [1.82, 2.24) is 4.90 Å². The molecule has 0 saturated heterocycles. The average molecular weight is 279 g/mol. The lowest BCUT2D eigenvalue weighted by molar-refractivity contribution is -0.154. The molecule has 0 aromatic heterocycles. The molecular formula is C15H21NO4. The van der Waals surface area contributed by atoms with Crippen LogP contribution in [0.1, 0.15) is 32.8 Å². The van der Waals surface area contributed by atoms with Gasteiger partial charge in [0.25, 0.3) is 0 Å². The number of carbonyl (C=O) groups excluding carboxylic acids is 1. The summed E-state index contributed by atoms with van der Waals surface area (Å²) in [4.78, 5) is 24.0. The third-order valence-corrected chi connectivity index (χ3v) is 3.35. The smallest absolute Gasteiger partial charge is 0.334 e. The van der Waals surface area contributed by atoms with Crippen LogP contribution in [0, 0.1) is 0 Å². The molecule has 1 unspecified atom stereocenters. The van der Waals surface area contributed by atoms with Gasteiger partial charge in [0.05, 0.1) is 6.61 Å². The lowest BCUT2D eigenvalue weighted by Gasteiger charge is -2.34. The summed E-state index contributed by atoms with van der Waals surface area (Å²) in [6.45, 7) is 6.22. The zero-order valence-electron chi connectivity index (χ0n) is 12.1. The summed E-state index contributed by atoms with van der Waals surface area (Å²) in [7, 11) is 0. The quantitative estimate of drug-likeness (QED) is 0.741. The fourth-order valence-electron chi connectivity index (χ4n) is 2.00. The highest BCUT2D eigenvalue weighted by Gasteiger charge is 2.40. The van der Waals surface area contributed by atoms with Crippen LogP contribution in [0.25, 0.3) is 0 Å². The molecule has 1 N–H and O–H groups in total. The lowest BCUT2D eigenvalue weighted by atomic mass is 9.90. The van der Waals surface area contributed by atoms with Crippen LogP contribution in [-0.4, -0.2) is 35.5 Å². The van der Waals surface area contributed by atoms with Crippen molar-refractivity contribution >= 4 is 12.4 Å². The first-order valence-electron chi connectivity index (χ1n) is 6.69. The normalized spacial score (nSPS) is 13.3. The van der Waals surface area contributed by atoms with Crippen LogP contribution in [0.15, 0.2) is 24.3 Å². The van der Waals surface area contributed by atoms with E-state index in [-0.39, 0.29) is 0 Å². The van der Waals surface area contributed by atoms with Crippen molar-refractivity contribution in [3.63, 3.8) is 0 Å². The van der Waals surface area contributed by atoms with Crippen molar-refractivity contribution in [2.24, 2.45) is 0 Å². The summed E-state index contributed by atoms with van der Waals surface area (Å²) in [6, 6.07) is 6.83. The molecule has 0 spiro atoms. The highest BCUT2D eigenvalue weighted by Crippen LogP contribution is 2.29. The molecule has 0 heterocycles. The minimum atomic E-state index is -1.38. The summed E-state index contributed by atoms with van der Waals surface area (Å²) in [5, 5.41) is 9.50. The van der Waals surface area contributed by atoms with E-state index in [1.165, 1.54) is 11.8 Å². The zero-order chi connectivity index (χ0) is 15.2. The molecule has 0 radical (unpaired) electrons. The van der Waals surface area contributed by atoms with Gasteiger partial charge < -0.3 is 14.7 Å². The molecule has 0 aliphatic carbocycles. The highest BCUT2D eigenvalue weighted by molar-refractivity contribution is 5.82. The maximum atomic E-state index is 11.6. The van der Waals surface area contributed by atoms with E-state index >= 15 is 0 Å². The predicted octanol–water partition coefficient (Wildman–Crippen LogP) is 2.25. The monoisotopic (exact) mass is 279 g/mol. The minimum absolute atomic E-state index is 0.320. The number of carboxylic acid groups (broad SMARTS) is 1. The van der Waals surface area contributed by atoms with E-state index in [0.29, 0.717) is 30.9 Å². The molecule has 0 bridgehead atoms. The number of likely N-dealkylation sites (N-methyl/N-ethyl adjacent to an activating group) is 1. The Morgan fingerprint density at radius 3 is 2.35 bits per heavy atom. The molecule has 0 aliphatic rings. The van der Waals surface area contributed by atoms with Crippen molar-refractivity contribution in [1.29, 1.82) is 0 Å². The number of amides is 1. The molecule has 1 atom stereocenters. The summed E-state index contributed by atoms with van der Waals surface area (Å²) in [5.74, 6) is -0.369. The molecule has 5 nitrogen and oxygen atoms in total. The zero-order valence-corrected chi connectivity index (χ0v) is 12.1. The molecule has 1 aromatic carbocycles. The Morgan fingerprint density at radius 1 is 1.35 bits per heavy atom. The maximum absolute atomic E-state index is 11.6. The van der Waals surface area contributed by atoms with E-state index in [4.69, 9.17) is 4.74 Å². The number of carbonyl (C=O) groups is 2. The Bertz CT molecular complexity index is 457. The Balaban J connectivity index is 3.09. The van der Waals surface area contributed by atoms with Gasteiger partial charge in [-0.25, -0.2) is 4.79 Å². The lowest BCUT2D eigenvalue weighted by Crippen LogP contribution is -2.49. The molecule has 5 heteroatoms. The Labute approximate surface area is 119 Å². The van der Waals surface area contributed by atoms with Gasteiger partial charge in [0.1, 0.15) is 5.75 Å². The fourth-order valence-corrected chi connectivity index (χ4v) is 2.00. The Morgan fingerprint density at radius 2 is 1.95 bits per heavy atom. The van der Waals surface area contributed by atoms with Gasteiger partial charge in [0, 0.05) is 6.54 Å². The predicted molar refractivity (Wildman–Crippen MR) is 75.7 cm³/mol. The largest absolute Gasteiger partial charge is 0.494 e. The van der Waals surface area contributed by atoms with Gasteiger partial charge in [-0.3, -0.25) is 4.79 Å². The molecule has 1 aromatic rings.